The van der Waals surface area contributed by atoms with E-state index in [0.717, 1.165) is 0 Å². The molecule has 0 radical (unpaired) electrons. The van der Waals surface area contributed by atoms with Crippen LogP contribution in [-0.2, 0) is 7.05 Å². The number of benzene rings is 1. The molecule has 2 N–H and O–H groups in total. The number of carbonyl (C=O) groups excluding carboxylic acids is 1. The van der Waals surface area contributed by atoms with Crippen molar-refractivity contribution in [2.45, 2.75) is 0 Å². The summed E-state index contributed by atoms with van der Waals surface area (Å²) in [5, 5.41) is 18.1. The number of halogens is 1. The number of amides is 1. The Morgan fingerprint density at radius 1 is 1.31 bits per heavy atom. The van der Waals surface area contributed by atoms with Gasteiger partial charge in [-0.3, -0.25) is 4.79 Å². The molecule has 0 saturated carbocycles. The van der Waals surface area contributed by atoms with E-state index in [1.54, 1.807) is 33.3 Å². The molecule has 0 spiro atoms. The Labute approximate surface area is 154 Å². The van der Waals surface area contributed by atoms with E-state index < -0.39 is 0 Å². The highest BCUT2D eigenvalue weighted by Crippen LogP contribution is 2.37. The number of pyridine rings is 1. The second-order valence-electron chi connectivity index (χ2n) is 5.25. The van der Waals surface area contributed by atoms with Gasteiger partial charge in [0.2, 0.25) is 5.82 Å². The molecule has 0 aliphatic carbocycles. The minimum Gasteiger partial charge on any atom is -0.494 e. The molecule has 0 aliphatic heterocycles. The predicted molar refractivity (Wildman–Crippen MR) is 96.7 cm³/mol. The Balaban J connectivity index is 2.06. The van der Waals surface area contributed by atoms with Gasteiger partial charge >= 0.3 is 0 Å². The number of aromatic nitrogens is 5. The zero-order valence-electron chi connectivity index (χ0n) is 14.3. The van der Waals surface area contributed by atoms with Crippen LogP contribution in [0.25, 0.3) is 11.4 Å². The van der Waals surface area contributed by atoms with Crippen LogP contribution in [0.2, 0.25) is 5.15 Å². The zero-order chi connectivity index (χ0) is 18.7. The van der Waals surface area contributed by atoms with Gasteiger partial charge < -0.3 is 15.4 Å². The number of nitrogens with zero attached hydrogens (tertiary/aromatic N) is 5. The standard InChI is InChI=1S/C16H16ClN7O2/c1-18-16(25)10-8-19-13(17)7-12(10)20-11-6-4-5-9(14(11)26-3)15-21-23-24(2)22-15/h4-8H,1-3H3,(H,18,25)(H,19,20). The van der Waals surface area contributed by atoms with E-state index in [2.05, 4.69) is 31.0 Å². The average Bonchev–Trinajstić information content (AvgIpc) is 3.07. The van der Waals surface area contributed by atoms with Gasteiger partial charge in [0.25, 0.3) is 5.91 Å². The maximum absolute atomic E-state index is 12.1. The number of aryl methyl sites for hydroxylation is 1. The fraction of sp³-hybridized carbons (Fsp3) is 0.188. The molecule has 3 rings (SSSR count). The van der Waals surface area contributed by atoms with Gasteiger partial charge in [0, 0.05) is 13.2 Å². The third-order valence-electron chi connectivity index (χ3n) is 3.58. The summed E-state index contributed by atoms with van der Waals surface area (Å²) in [6.07, 6.45) is 1.41. The van der Waals surface area contributed by atoms with Crippen LogP contribution in [-0.4, -0.2) is 45.3 Å². The van der Waals surface area contributed by atoms with E-state index in [4.69, 9.17) is 16.3 Å². The van der Waals surface area contributed by atoms with Crippen LogP contribution in [0.4, 0.5) is 11.4 Å². The van der Waals surface area contributed by atoms with E-state index >= 15 is 0 Å². The van der Waals surface area contributed by atoms with E-state index in [0.29, 0.717) is 34.1 Å². The molecule has 134 valence electrons. The molecule has 1 amide bonds. The number of para-hydroxylation sites is 1. The molecular weight excluding hydrogens is 358 g/mol. The van der Waals surface area contributed by atoms with Gasteiger partial charge in [-0.2, -0.15) is 4.80 Å². The summed E-state index contributed by atoms with van der Waals surface area (Å²) in [5.74, 6) is 0.644. The Bertz CT molecular complexity index is 958. The summed E-state index contributed by atoms with van der Waals surface area (Å²) in [5.41, 5.74) is 2.12. The van der Waals surface area contributed by atoms with E-state index in [-0.39, 0.29) is 11.1 Å². The predicted octanol–water partition coefficient (Wildman–Crippen LogP) is 2.04. The van der Waals surface area contributed by atoms with Gasteiger partial charge in [-0.15, -0.1) is 10.2 Å². The minimum atomic E-state index is -0.289. The second-order valence-corrected chi connectivity index (χ2v) is 5.63. The number of ether oxygens (including phenoxy) is 1. The van der Waals surface area contributed by atoms with E-state index in [9.17, 15) is 4.79 Å². The smallest absolute Gasteiger partial charge is 0.254 e. The van der Waals surface area contributed by atoms with Crippen LogP contribution < -0.4 is 15.4 Å². The molecular formula is C16H16ClN7O2. The lowest BCUT2D eigenvalue weighted by molar-refractivity contribution is 0.0963. The first-order valence-electron chi connectivity index (χ1n) is 7.59. The summed E-state index contributed by atoms with van der Waals surface area (Å²) in [7, 11) is 4.76. The normalized spacial score (nSPS) is 10.5. The second kappa shape index (κ2) is 7.36. The number of anilines is 2. The first-order valence-corrected chi connectivity index (χ1v) is 7.97. The van der Waals surface area contributed by atoms with Crippen LogP contribution in [0.3, 0.4) is 0 Å². The summed E-state index contributed by atoms with van der Waals surface area (Å²) < 4.78 is 5.54. The van der Waals surface area contributed by atoms with Gasteiger partial charge in [0.1, 0.15) is 5.15 Å². The maximum atomic E-state index is 12.1. The summed E-state index contributed by atoms with van der Waals surface area (Å²) in [6.45, 7) is 0. The van der Waals surface area contributed by atoms with E-state index in [1.807, 2.05) is 12.1 Å². The Kier molecular flexibility index (Phi) is 4.99. The molecule has 0 atom stereocenters. The number of hydrogen-bond donors (Lipinski definition) is 2. The molecule has 10 heteroatoms. The van der Waals surface area contributed by atoms with Crippen molar-refractivity contribution in [3.05, 3.63) is 41.2 Å². The summed E-state index contributed by atoms with van der Waals surface area (Å²) in [6, 6.07) is 7.01. The van der Waals surface area contributed by atoms with Crippen molar-refractivity contribution in [3.8, 4) is 17.1 Å². The van der Waals surface area contributed by atoms with Crippen LogP contribution >= 0.6 is 11.6 Å². The lowest BCUT2D eigenvalue weighted by Gasteiger charge is -2.15. The first-order chi connectivity index (χ1) is 12.5. The largest absolute Gasteiger partial charge is 0.494 e. The quantitative estimate of drug-likeness (QED) is 0.659. The highest BCUT2D eigenvalue weighted by Gasteiger charge is 2.17. The van der Waals surface area contributed by atoms with Crippen molar-refractivity contribution in [2.75, 3.05) is 19.5 Å². The SMILES string of the molecule is CNC(=O)c1cnc(Cl)cc1Nc1cccc(-c2nnn(C)n2)c1OC. The first kappa shape index (κ1) is 17.6. The van der Waals surface area contributed by atoms with Gasteiger partial charge in [-0.05, 0) is 23.4 Å². The van der Waals surface area contributed by atoms with Gasteiger partial charge in [0.05, 0.1) is 36.7 Å². The van der Waals surface area contributed by atoms with Crippen molar-refractivity contribution in [1.82, 2.24) is 30.5 Å². The minimum absolute atomic E-state index is 0.255. The molecule has 0 saturated heterocycles. The number of nitrogens with one attached hydrogen (secondary N) is 2. The van der Waals surface area contributed by atoms with Gasteiger partial charge in [0.15, 0.2) is 5.75 Å². The Morgan fingerprint density at radius 3 is 2.77 bits per heavy atom. The van der Waals surface area contributed by atoms with Crippen molar-refractivity contribution in [2.24, 2.45) is 7.05 Å². The Morgan fingerprint density at radius 2 is 2.12 bits per heavy atom. The zero-order valence-corrected chi connectivity index (χ0v) is 15.1. The van der Waals surface area contributed by atoms with Crippen molar-refractivity contribution < 1.29 is 9.53 Å². The lowest BCUT2D eigenvalue weighted by Crippen LogP contribution is -2.19. The van der Waals surface area contributed by atoms with E-state index in [1.165, 1.54) is 11.0 Å². The number of tetrazole rings is 1. The lowest BCUT2D eigenvalue weighted by atomic mass is 10.1. The molecule has 0 fully saturated rings. The Hall–Kier alpha value is -3.20. The molecule has 9 nitrogen and oxygen atoms in total. The number of hydrogen-bond acceptors (Lipinski definition) is 7. The molecule has 1 aromatic carbocycles. The fourth-order valence-corrected chi connectivity index (χ4v) is 2.58. The molecule has 2 aromatic heterocycles. The van der Waals surface area contributed by atoms with Crippen LogP contribution in [0, 0.1) is 0 Å². The van der Waals surface area contributed by atoms with Crippen molar-refractivity contribution >= 4 is 28.9 Å². The maximum Gasteiger partial charge on any atom is 0.254 e. The molecule has 3 aromatic rings. The third-order valence-corrected chi connectivity index (χ3v) is 3.79. The monoisotopic (exact) mass is 373 g/mol. The fourth-order valence-electron chi connectivity index (χ4n) is 2.42. The average molecular weight is 374 g/mol. The van der Waals surface area contributed by atoms with Gasteiger partial charge in [-0.25, -0.2) is 4.98 Å². The van der Waals surface area contributed by atoms with Crippen LogP contribution in [0.15, 0.2) is 30.5 Å². The topological polar surface area (TPSA) is 107 Å². The molecule has 0 bridgehead atoms. The number of rotatable bonds is 5. The highest BCUT2D eigenvalue weighted by atomic mass is 35.5. The summed E-state index contributed by atoms with van der Waals surface area (Å²) in [4.78, 5) is 17.4. The number of carbonyl (C=O) groups is 1. The molecule has 26 heavy (non-hydrogen) atoms. The van der Waals surface area contributed by atoms with Gasteiger partial charge in [-0.1, -0.05) is 17.7 Å². The molecule has 0 unspecified atom stereocenters. The molecule has 0 aliphatic rings. The highest BCUT2D eigenvalue weighted by molar-refractivity contribution is 6.29. The third kappa shape index (κ3) is 3.42. The van der Waals surface area contributed by atoms with Crippen LogP contribution in [0.5, 0.6) is 5.75 Å². The number of methoxy groups -OCH3 is 1. The molecule has 2 heterocycles. The van der Waals surface area contributed by atoms with Crippen molar-refractivity contribution in [3.63, 3.8) is 0 Å². The van der Waals surface area contributed by atoms with Crippen molar-refractivity contribution in [1.29, 1.82) is 0 Å². The van der Waals surface area contributed by atoms with Crippen LogP contribution in [0.1, 0.15) is 10.4 Å². The summed E-state index contributed by atoms with van der Waals surface area (Å²) >= 11 is 5.99.